The average molecular weight is 235 g/mol. The average Bonchev–Trinajstić information content (AvgIpc) is 2.35. The highest BCUT2D eigenvalue weighted by molar-refractivity contribution is 5.42. The Balaban J connectivity index is 3.05. The topological polar surface area (TPSA) is 62.5 Å². The molecule has 1 rings (SSSR count). The second-order valence-corrected chi connectivity index (χ2v) is 3.72. The number of nitrogens with zero attached hydrogens (tertiary/aromatic N) is 1. The predicted octanol–water partition coefficient (Wildman–Crippen LogP) is 2.43. The highest BCUT2D eigenvalue weighted by Crippen LogP contribution is 2.30. The molecule has 1 unspecified atom stereocenters. The van der Waals surface area contributed by atoms with Crippen molar-refractivity contribution in [3.8, 4) is 17.6 Å². The number of benzene rings is 1. The third-order valence-electron chi connectivity index (χ3n) is 2.45. The molecule has 0 aliphatic carbocycles. The maximum atomic E-state index is 9.62. The summed E-state index contributed by atoms with van der Waals surface area (Å²) in [4.78, 5) is 0. The molecule has 0 saturated carbocycles. The Morgan fingerprint density at radius 1 is 1.47 bits per heavy atom. The molecule has 0 saturated heterocycles. The molecule has 1 N–H and O–H groups in total. The lowest BCUT2D eigenvalue weighted by Crippen LogP contribution is -2.14. The molecule has 1 aromatic carbocycles. The van der Waals surface area contributed by atoms with Gasteiger partial charge in [0.1, 0.15) is 17.6 Å². The third-order valence-corrected chi connectivity index (χ3v) is 2.45. The number of aliphatic hydroxyl groups excluding tert-OH is 1. The van der Waals surface area contributed by atoms with Crippen LogP contribution >= 0.6 is 0 Å². The second kappa shape index (κ2) is 6.12. The van der Waals surface area contributed by atoms with Crippen molar-refractivity contribution in [2.24, 2.45) is 0 Å². The molecule has 4 heteroatoms. The van der Waals surface area contributed by atoms with Gasteiger partial charge in [-0.15, -0.1) is 0 Å². The van der Waals surface area contributed by atoms with Gasteiger partial charge in [0.05, 0.1) is 13.2 Å². The van der Waals surface area contributed by atoms with E-state index in [1.54, 1.807) is 32.2 Å². The van der Waals surface area contributed by atoms with Crippen molar-refractivity contribution in [2.45, 2.75) is 32.5 Å². The number of hydrogen-bond acceptors (Lipinski definition) is 4. The molecule has 0 radical (unpaired) electrons. The Bertz CT molecular complexity index is 410. The molecular formula is C13H17NO3. The fourth-order valence-electron chi connectivity index (χ4n) is 1.44. The number of methoxy groups -OCH3 is 1. The van der Waals surface area contributed by atoms with Crippen LogP contribution in [0.5, 0.6) is 11.5 Å². The summed E-state index contributed by atoms with van der Waals surface area (Å²) < 4.78 is 10.6. The summed E-state index contributed by atoms with van der Waals surface area (Å²) in [6, 6.07) is 7.23. The van der Waals surface area contributed by atoms with E-state index in [4.69, 9.17) is 14.7 Å². The van der Waals surface area contributed by atoms with Gasteiger partial charge in [-0.1, -0.05) is 6.92 Å². The van der Waals surface area contributed by atoms with Gasteiger partial charge in [-0.05, 0) is 25.5 Å². The van der Waals surface area contributed by atoms with E-state index in [0.717, 1.165) is 0 Å². The molecule has 0 aromatic heterocycles. The minimum absolute atomic E-state index is 0.493. The zero-order valence-electron chi connectivity index (χ0n) is 10.3. The van der Waals surface area contributed by atoms with E-state index in [1.807, 2.05) is 6.92 Å². The molecule has 0 spiro atoms. The van der Waals surface area contributed by atoms with E-state index >= 15 is 0 Å². The zero-order valence-corrected chi connectivity index (χ0v) is 10.3. The Morgan fingerprint density at radius 2 is 2.18 bits per heavy atom. The van der Waals surface area contributed by atoms with Crippen LogP contribution in [0.25, 0.3) is 0 Å². The quantitative estimate of drug-likeness (QED) is 0.851. The third kappa shape index (κ3) is 3.36. The van der Waals surface area contributed by atoms with Crippen LogP contribution in [0.4, 0.5) is 0 Å². The van der Waals surface area contributed by atoms with Crippen LogP contribution in [-0.4, -0.2) is 18.3 Å². The van der Waals surface area contributed by atoms with E-state index in [0.29, 0.717) is 23.5 Å². The molecule has 0 aliphatic rings. The van der Waals surface area contributed by atoms with Gasteiger partial charge in [-0.25, -0.2) is 0 Å². The van der Waals surface area contributed by atoms with Crippen LogP contribution in [-0.2, 0) is 0 Å². The van der Waals surface area contributed by atoms with Gasteiger partial charge in [0, 0.05) is 11.6 Å². The predicted molar refractivity (Wildman–Crippen MR) is 63.9 cm³/mol. The number of rotatable bonds is 5. The highest BCUT2D eigenvalue weighted by Gasteiger charge is 2.14. The first-order chi connectivity index (χ1) is 8.12. The van der Waals surface area contributed by atoms with Crippen LogP contribution in [0, 0.1) is 11.3 Å². The fraction of sp³-hybridized carbons (Fsp3) is 0.462. The van der Waals surface area contributed by atoms with Crippen LogP contribution < -0.4 is 9.47 Å². The van der Waals surface area contributed by atoms with E-state index < -0.39 is 12.2 Å². The summed E-state index contributed by atoms with van der Waals surface area (Å²) in [6.07, 6.45) is -0.570. The van der Waals surface area contributed by atoms with Gasteiger partial charge < -0.3 is 14.6 Å². The molecule has 0 fully saturated rings. The number of ether oxygens (including phenoxy) is 2. The van der Waals surface area contributed by atoms with Crippen LogP contribution in [0.3, 0.4) is 0 Å². The summed E-state index contributed by atoms with van der Waals surface area (Å²) in [5.74, 6) is 1.13. The largest absolute Gasteiger partial charge is 0.497 e. The second-order valence-electron chi connectivity index (χ2n) is 3.72. The SMILES string of the molecule is CCC(C#N)Oc1cc(OC)ccc1[C@H](C)O. The molecular weight excluding hydrogens is 218 g/mol. The minimum Gasteiger partial charge on any atom is -0.497 e. The maximum Gasteiger partial charge on any atom is 0.184 e. The summed E-state index contributed by atoms with van der Waals surface area (Å²) >= 11 is 0. The summed E-state index contributed by atoms with van der Waals surface area (Å²) in [5.41, 5.74) is 0.652. The first-order valence-electron chi connectivity index (χ1n) is 5.54. The molecule has 0 heterocycles. The van der Waals surface area contributed by atoms with Crippen molar-refractivity contribution in [3.63, 3.8) is 0 Å². The van der Waals surface area contributed by atoms with Crippen LogP contribution in [0.2, 0.25) is 0 Å². The molecule has 0 bridgehead atoms. The Morgan fingerprint density at radius 3 is 2.65 bits per heavy atom. The fourth-order valence-corrected chi connectivity index (χ4v) is 1.44. The van der Waals surface area contributed by atoms with Gasteiger partial charge >= 0.3 is 0 Å². The van der Waals surface area contributed by atoms with Gasteiger partial charge in [-0.2, -0.15) is 5.26 Å². The standard InChI is InChI=1S/C13H17NO3/c1-4-10(8-14)17-13-7-11(16-3)5-6-12(13)9(2)15/h5-7,9-10,15H,4H2,1-3H3/t9-,10?/m0/s1. The molecule has 4 nitrogen and oxygen atoms in total. The van der Waals surface area contributed by atoms with E-state index in [9.17, 15) is 5.11 Å². The van der Waals surface area contributed by atoms with Crippen LogP contribution in [0.15, 0.2) is 18.2 Å². The maximum absolute atomic E-state index is 9.62. The lowest BCUT2D eigenvalue weighted by atomic mass is 10.1. The molecule has 0 aliphatic heterocycles. The lowest BCUT2D eigenvalue weighted by molar-refractivity contribution is 0.184. The number of nitriles is 1. The van der Waals surface area contributed by atoms with Crippen molar-refractivity contribution < 1.29 is 14.6 Å². The van der Waals surface area contributed by atoms with Crippen molar-refractivity contribution in [1.82, 2.24) is 0 Å². The minimum atomic E-state index is -0.646. The highest BCUT2D eigenvalue weighted by atomic mass is 16.5. The molecule has 92 valence electrons. The Hall–Kier alpha value is -1.73. The number of hydrogen-bond donors (Lipinski definition) is 1. The first-order valence-corrected chi connectivity index (χ1v) is 5.54. The van der Waals surface area contributed by atoms with Crippen LogP contribution in [0.1, 0.15) is 31.9 Å². The van der Waals surface area contributed by atoms with Gasteiger partial charge in [0.25, 0.3) is 0 Å². The molecule has 17 heavy (non-hydrogen) atoms. The van der Waals surface area contributed by atoms with E-state index in [1.165, 1.54) is 0 Å². The Labute approximate surface area is 101 Å². The molecule has 1 aromatic rings. The summed E-state index contributed by atoms with van der Waals surface area (Å²) in [7, 11) is 1.56. The normalized spacial score (nSPS) is 13.6. The number of aliphatic hydroxyl groups is 1. The van der Waals surface area contributed by atoms with E-state index in [2.05, 4.69) is 6.07 Å². The monoisotopic (exact) mass is 235 g/mol. The smallest absolute Gasteiger partial charge is 0.184 e. The first kappa shape index (κ1) is 13.3. The summed E-state index contributed by atoms with van der Waals surface area (Å²) in [5, 5.41) is 18.5. The molecule has 2 atom stereocenters. The van der Waals surface area contributed by atoms with Crippen molar-refractivity contribution in [2.75, 3.05) is 7.11 Å². The van der Waals surface area contributed by atoms with Gasteiger partial charge in [0.2, 0.25) is 0 Å². The van der Waals surface area contributed by atoms with Crippen molar-refractivity contribution in [3.05, 3.63) is 23.8 Å². The van der Waals surface area contributed by atoms with Crippen molar-refractivity contribution in [1.29, 1.82) is 5.26 Å². The van der Waals surface area contributed by atoms with Crippen molar-refractivity contribution >= 4 is 0 Å². The zero-order chi connectivity index (χ0) is 12.8. The Kier molecular flexibility index (Phi) is 4.80. The van der Waals surface area contributed by atoms with E-state index in [-0.39, 0.29) is 0 Å². The lowest BCUT2D eigenvalue weighted by Gasteiger charge is -2.16. The van der Waals surface area contributed by atoms with Gasteiger partial charge in [0.15, 0.2) is 6.10 Å². The summed E-state index contributed by atoms with van der Waals surface area (Å²) in [6.45, 7) is 3.53. The van der Waals surface area contributed by atoms with Gasteiger partial charge in [-0.3, -0.25) is 0 Å². The molecule has 0 amide bonds.